The van der Waals surface area contributed by atoms with Gasteiger partial charge in [0.25, 0.3) is 0 Å². The number of hydrogen-bond acceptors (Lipinski definition) is 2. The van der Waals surface area contributed by atoms with E-state index in [0.29, 0.717) is 0 Å². The Hall–Kier alpha value is -0.713. The second kappa shape index (κ2) is 12.8. The highest BCUT2D eigenvalue weighted by molar-refractivity contribution is 6.44. The maximum Gasteiger partial charge on any atom is 0.321 e. The lowest BCUT2D eigenvalue weighted by molar-refractivity contribution is 0.195. The van der Waals surface area contributed by atoms with E-state index < -0.39 is 9.28 Å². The van der Waals surface area contributed by atoms with Crippen LogP contribution < -0.4 is 0 Å². The zero-order valence-electron chi connectivity index (χ0n) is 14.2. The van der Waals surface area contributed by atoms with E-state index in [9.17, 15) is 4.39 Å². The molecule has 0 amide bonds. The van der Waals surface area contributed by atoms with Gasteiger partial charge in [0, 0.05) is 13.2 Å². The quantitative estimate of drug-likeness (QED) is 0.375. The zero-order chi connectivity index (χ0) is 16.0. The Morgan fingerprint density at radius 2 is 1.64 bits per heavy atom. The Kier molecular flexibility index (Phi) is 11.2. The first-order valence-electron chi connectivity index (χ1n) is 8.74. The van der Waals surface area contributed by atoms with Crippen molar-refractivity contribution in [2.75, 3.05) is 13.2 Å². The maximum absolute atomic E-state index is 13.1. The predicted octanol–water partition coefficient (Wildman–Crippen LogP) is 5.00. The average molecular weight is 327 g/mol. The van der Waals surface area contributed by atoms with Crippen LogP contribution in [-0.4, -0.2) is 22.5 Å². The summed E-state index contributed by atoms with van der Waals surface area (Å²) in [5, 5.41) is 0. The molecule has 0 aliphatic carbocycles. The van der Waals surface area contributed by atoms with Crippen molar-refractivity contribution >= 4 is 9.28 Å². The minimum Gasteiger partial charge on any atom is -0.397 e. The molecule has 0 unspecified atom stereocenters. The minimum atomic E-state index is -1.44. The molecule has 4 heteroatoms. The van der Waals surface area contributed by atoms with Crippen molar-refractivity contribution in [3.8, 4) is 0 Å². The molecule has 0 atom stereocenters. The second-order valence-corrected chi connectivity index (χ2v) is 7.86. The Labute approximate surface area is 136 Å². The largest absolute Gasteiger partial charge is 0.397 e. The first kappa shape index (κ1) is 19.3. The first-order valence-corrected chi connectivity index (χ1v) is 10.5. The van der Waals surface area contributed by atoms with Gasteiger partial charge in [0.2, 0.25) is 0 Å². The molecular weight excluding hydrogens is 295 g/mol. The van der Waals surface area contributed by atoms with Crippen LogP contribution in [0, 0.1) is 5.82 Å². The lowest BCUT2D eigenvalue weighted by Crippen LogP contribution is -2.23. The van der Waals surface area contributed by atoms with Crippen LogP contribution in [0.5, 0.6) is 0 Å². The molecular formula is C18H31FO2Si. The molecule has 0 aliphatic rings. The highest BCUT2D eigenvalue weighted by atomic mass is 28.3. The van der Waals surface area contributed by atoms with Crippen molar-refractivity contribution in [1.29, 1.82) is 0 Å². The van der Waals surface area contributed by atoms with Gasteiger partial charge in [0.05, 0.1) is 0 Å². The predicted molar refractivity (Wildman–Crippen MR) is 93.0 cm³/mol. The number of aryl methyl sites for hydroxylation is 1. The third-order valence-electron chi connectivity index (χ3n) is 3.56. The third-order valence-corrected chi connectivity index (χ3v) is 5.65. The molecule has 1 aromatic rings. The summed E-state index contributed by atoms with van der Waals surface area (Å²) in [6.45, 7) is 5.94. The summed E-state index contributed by atoms with van der Waals surface area (Å²) in [5.74, 6) is -0.132. The Balaban J connectivity index is 2.09. The Morgan fingerprint density at radius 1 is 0.955 bits per heavy atom. The molecule has 126 valence electrons. The van der Waals surface area contributed by atoms with E-state index in [1.807, 2.05) is 6.07 Å². The van der Waals surface area contributed by atoms with E-state index in [1.54, 1.807) is 12.1 Å². The van der Waals surface area contributed by atoms with Gasteiger partial charge < -0.3 is 8.85 Å². The normalized spacial score (nSPS) is 11.3. The lowest BCUT2D eigenvalue weighted by Gasteiger charge is -2.16. The van der Waals surface area contributed by atoms with Crippen LogP contribution in [0.3, 0.4) is 0 Å². The van der Waals surface area contributed by atoms with Crippen LogP contribution >= 0.6 is 0 Å². The summed E-state index contributed by atoms with van der Waals surface area (Å²) in [5.41, 5.74) is 1.10. The van der Waals surface area contributed by atoms with Crippen LogP contribution in [0.4, 0.5) is 4.39 Å². The van der Waals surface area contributed by atoms with Crippen molar-refractivity contribution in [3.63, 3.8) is 0 Å². The van der Waals surface area contributed by atoms with Gasteiger partial charge in [-0.3, -0.25) is 0 Å². The van der Waals surface area contributed by atoms with Crippen LogP contribution in [-0.2, 0) is 15.3 Å². The molecule has 1 rings (SSSR count). The number of benzene rings is 1. The van der Waals surface area contributed by atoms with Crippen molar-refractivity contribution in [3.05, 3.63) is 35.6 Å². The molecule has 0 saturated heterocycles. The monoisotopic (exact) mass is 326 g/mol. The molecule has 0 spiro atoms. The average Bonchev–Trinajstić information content (AvgIpc) is 2.52. The van der Waals surface area contributed by atoms with Gasteiger partial charge in [0.1, 0.15) is 5.82 Å². The van der Waals surface area contributed by atoms with Gasteiger partial charge in [-0.25, -0.2) is 4.39 Å². The smallest absolute Gasteiger partial charge is 0.321 e. The molecule has 2 nitrogen and oxygen atoms in total. The summed E-state index contributed by atoms with van der Waals surface area (Å²) in [6.07, 6.45) is 7.81. The lowest BCUT2D eigenvalue weighted by atomic mass is 10.1. The second-order valence-electron chi connectivity index (χ2n) is 5.75. The van der Waals surface area contributed by atoms with Gasteiger partial charge in [0.15, 0.2) is 0 Å². The van der Waals surface area contributed by atoms with Gasteiger partial charge in [-0.2, -0.15) is 0 Å². The molecule has 0 N–H and O–H groups in total. The number of hydrogen-bond donors (Lipinski definition) is 0. The van der Waals surface area contributed by atoms with Crippen LogP contribution in [0.2, 0.25) is 6.04 Å². The van der Waals surface area contributed by atoms with Gasteiger partial charge in [-0.05, 0) is 49.4 Å². The van der Waals surface area contributed by atoms with Crippen molar-refractivity contribution in [2.45, 2.75) is 64.8 Å². The molecule has 0 saturated carbocycles. The molecule has 0 bridgehead atoms. The third kappa shape index (κ3) is 9.33. The van der Waals surface area contributed by atoms with E-state index in [2.05, 4.69) is 13.8 Å². The fraction of sp³-hybridized carbons (Fsp3) is 0.667. The maximum atomic E-state index is 13.1. The van der Waals surface area contributed by atoms with E-state index in [4.69, 9.17) is 8.85 Å². The summed E-state index contributed by atoms with van der Waals surface area (Å²) >= 11 is 0. The molecule has 0 aromatic heterocycles. The highest BCUT2D eigenvalue weighted by Crippen LogP contribution is 2.12. The minimum absolute atomic E-state index is 0.132. The molecule has 1 aromatic carbocycles. The van der Waals surface area contributed by atoms with E-state index in [1.165, 1.54) is 25.3 Å². The van der Waals surface area contributed by atoms with Gasteiger partial charge in [-0.15, -0.1) is 0 Å². The van der Waals surface area contributed by atoms with Crippen LogP contribution in [0.15, 0.2) is 24.3 Å². The fourth-order valence-electron chi connectivity index (χ4n) is 2.40. The summed E-state index contributed by atoms with van der Waals surface area (Å²) in [4.78, 5) is 0. The van der Waals surface area contributed by atoms with Crippen LogP contribution in [0.1, 0.15) is 57.9 Å². The van der Waals surface area contributed by atoms with Crippen LogP contribution in [0.25, 0.3) is 0 Å². The standard InChI is InChI=1S/C18H31FO2Si/c1-3-13-20-22(21-14-4-2)15-8-6-5-7-10-17-11-9-12-18(19)16-17/h9,11-12,16,22H,3-8,10,13-15H2,1-2H3. The van der Waals surface area contributed by atoms with Crippen molar-refractivity contribution < 1.29 is 13.2 Å². The molecule has 0 aliphatic heterocycles. The van der Waals surface area contributed by atoms with Gasteiger partial charge >= 0.3 is 9.28 Å². The summed E-state index contributed by atoms with van der Waals surface area (Å²) < 4.78 is 24.8. The number of unbranched alkanes of at least 4 members (excludes halogenated alkanes) is 3. The summed E-state index contributed by atoms with van der Waals surface area (Å²) in [6, 6.07) is 8.04. The fourth-order valence-corrected chi connectivity index (χ4v) is 4.45. The van der Waals surface area contributed by atoms with E-state index in [0.717, 1.165) is 50.5 Å². The molecule has 0 radical (unpaired) electrons. The first-order chi connectivity index (χ1) is 10.8. The topological polar surface area (TPSA) is 18.5 Å². The van der Waals surface area contributed by atoms with Crippen molar-refractivity contribution in [2.24, 2.45) is 0 Å². The summed E-state index contributed by atoms with van der Waals surface area (Å²) in [7, 11) is -1.44. The SMILES string of the molecule is CCCO[SiH](CCCCCCc1cccc(F)c1)OCCC. The zero-order valence-corrected chi connectivity index (χ0v) is 15.3. The molecule has 0 fully saturated rings. The van der Waals surface area contributed by atoms with E-state index in [-0.39, 0.29) is 5.82 Å². The number of rotatable bonds is 13. The number of halogens is 1. The van der Waals surface area contributed by atoms with Gasteiger partial charge in [-0.1, -0.05) is 45.2 Å². The molecule has 0 heterocycles. The van der Waals surface area contributed by atoms with E-state index >= 15 is 0 Å². The molecule has 22 heavy (non-hydrogen) atoms. The Morgan fingerprint density at radius 3 is 2.27 bits per heavy atom. The highest BCUT2D eigenvalue weighted by Gasteiger charge is 2.12. The van der Waals surface area contributed by atoms with Crippen molar-refractivity contribution in [1.82, 2.24) is 0 Å². The Bertz CT molecular complexity index is 379.